The van der Waals surface area contributed by atoms with E-state index in [1.165, 1.54) is 17.0 Å². The van der Waals surface area contributed by atoms with Crippen molar-refractivity contribution in [1.82, 2.24) is 0 Å². The zero-order chi connectivity index (χ0) is 13.0. The van der Waals surface area contributed by atoms with E-state index in [1.807, 2.05) is 0 Å². The van der Waals surface area contributed by atoms with Gasteiger partial charge in [-0.15, -0.1) is 6.42 Å². The molecule has 0 radical (unpaired) electrons. The van der Waals surface area contributed by atoms with Gasteiger partial charge in [-0.3, -0.25) is 4.90 Å². The van der Waals surface area contributed by atoms with E-state index in [0.29, 0.717) is 12.2 Å². The van der Waals surface area contributed by atoms with Crippen molar-refractivity contribution in [3.05, 3.63) is 30.1 Å². The van der Waals surface area contributed by atoms with Gasteiger partial charge in [0, 0.05) is 0 Å². The molecule has 0 saturated carbocycles. The number of cyclic esters (lactones) is 1. The van der Waals surface area contributed by atoms with Gasteiger partial charge in [0.15, 0.2) is 0 Å². The molecule has 1 aromatic rings. The van der Waals surface area contributed by atoms with Crippen molar-refractivity contribution in [2.45, 2.75) is 6.10 Å². The van der Waals surface area contributed by atoms with E-state index in [1.54, 1.807) is 12.1 Å². The van der Waals surface area contributed by atoms with Crippen LogP contribution in [0.3, 0.4) is 0 Å². The van der Waals surface area contributed by atoms with Crippen molar-refractivity contribution in [3.63, 3.8) is 0 Å². The average Bonchev–Trinajstić information content (AvgIpc) is 2.71. The minimum Gasteiger partial charge on any atom is -0.441 e. The summed E-state index contributed by atoms with van der Waals surface area (Å²) in [5.74, 6) is 1.93. The Kier molecular flexibility index (Phi) is 3.80. The Balaban J connectivity index is 1.99. The van der Waals surface area contributed by atoms with E-state index in [2.05, 4.69) is 5.92 Å². The lowest BCUT2D eigenvalue weighted by Gasteiger charge is -2.12. The maximum Gasteiger partial charge on any atom is 0.414 e. The molecule has 1 aromatic carbocycles. The molecular formula is C13H12FNO3. The van der Waals surface area contributed by atoms with Gasteiger partial charge >= 0.3 is 6.09 Å². The normalized spacial score (nSPS) is 18.6. The molecule has 1 atom stereocenters. The lowest BCUT2D eigenvalue weighted by Crippen LogP contribution is -2.26. The summed E-state index contributed by atoms with van der Waals surface area (Å²) < 4.78 is 23.3. The minimum atomic E-state index is -0.505. The summed E-state index contributed by atoms with van der Waals surface area (Å²) in [6.45, 7) is 0.739. The van der Waals surface area contributed by atoms with E-state index in [-0.39, 0.29) is 19.3 Å². The molecule has 2 rings (SSSR count). The number of benzene rings is 1. The van der Waals surface area contributed by atoms with Gasteiger partial charge in [-0.25, -0.2) is 9.18 Å². The predicted octanol–water partition coefficient (Wildman–Crippen LogP) is 1.80. The van der Waals surface area contributed by atoms with Crippen molar-refractivity contribution in [3.8, 4) is 12.3 Å². The van der Waals surface area contributed by atoms with Gasteiger partial charge in [0.05, 0.1) is 18.8 Å². The third kappa shape index (κ3) is 2.79. The summed E-state index contributed by atoms with van der Waals surface area (Å²) in [6, 6.07) is 5.79. The molecular weight excluding hydrogens is 237 g/mol. The van der Waals surface area contributed by atoms with E-state index in [0.717, 1.165) is 0 Å². The van der Waals surface area contributed by atoms with E-state index >= 15 is 0 Å². The maximum absolute atomic E-state index is 13.1. The molecule has 0 N–H and O–H groups in total. The van der Waals surface area contributed by atoms with Crippen molar-refractivity contribution in [1.29, 1.82) is 0 Å². The molecule has 0 bridgehead atoms. The fraction of sp³-hybridized carbons (Fsp3) is 0.308. The van der Waals surface area contributed by atoms with Crippen LogP contribution in [0.5, 0.6) is 0 Å². The van der Waals surface area contributed by atoms with Gasteiger partial charge in [0.2, 0.25) is 0 Å². The highest BCUT2D eigenvalue weighted by Crippen LogP contribution is 2.22. The number of rotatable bonds is 4. The number of hydrogen-bond donors (Lipinski definition) is 0. The SMILES string of the molecule is C#CCOCC1CN(c2cccc(F)c2)C(=O)O1. The molecule has 94 valence electrons. The molecule has 5 heteroatoms. The van der Waals surface area contributed by atoms with Crippen LogP contribution in [-0.2, 0) is 9.47 Å². The molecule has 1 aliphatic rings. The zero-order valence-electron chi connectivity index (χ0n) is 9.64. The number of ether oxygens (including phenoxy) is 2. The molecule has 0 spiro atoms. The average molecular weight is 249 g/mol. The highest BCUT2D eigenvalue weighted by molar-refractivity contribution is 5.89. The number of terminal acetylenes is 1. The fourth-order valence-electron chi connectivity index (χ4n) is 1.71. The third-order valence-corrected chi connectivity index (χ3v) is 2.48. The molecule has 1 aliphatic heterocycles. The Morgan fingerprint density at radius 3 is 3.17 bits per heavy atom. The lowest BCUT2D eigenvalue weighted by molar-refractivity contribution is 0.0598. The third-order valence-electron chi connectivity index (χ3n) is 2.48. The molecule has 0 aliphatic carbocycles. The van der Waals surface area contributed by atoms with Gasteiger partial charge < -0.3 is 9.47 Å². The Bertz CT molecular complexity index is 483. The topological polar surface area (TPSA) is 38.8 Å². The summed E-state index contributed by atoms with van der Waals surface area (Å²) >= 11 is 0. The molecule has 4 nitrogen and oxygen atoms in total. The standard InChI is InChI=1S/C13H12FNO3/c1-2-6-17-9-12-8-15(13(16)18-12)11-5-3-4-10(14)7-11/h1,3-5,7,12H,6,8-9H2. The van der Waals surface area contributed by atoms with Crippen LogP contribution in [0.2, 0.25) is 0 Å². The first-order valence-electron chi connectivity index (χ1n) is 5.45. The highest BCUT2D eigenvalue weighted by Gasteiger charge is 2.32. The van der Waals surface area contributed by atoms with Crippen LogP contribution < -0.4 is 4.90 Å². The summed E-state index contributed by atoms with van der Waals surface area (Å²) in [5.41, 5.74) is 0.472. The van der Waals surface area contributed by atoms with Crippen molar-refractivity contribution < 1.29 is 18.7 Å². The first kappa shape index (κ1) is 12.4. The molecule has 1 saturated heterocycles. The van der Waals surface area contributed by atoms with Crippen LogP contribution in [0.25, 0.3) is 0 Å². The zero-order valence-corrected chi connectivity index (χ0v) is 9.64. The lowest BCUT2D eigenvalue weighted by atomic mass is 10.2. The minimum absolute atomic E-state index is 0.175. The number of amides is 1. The number of anilines is 1. The van der Waals surface area contributed by atoms with Crippen LogP contribution in [0.15, 0.2) is 24.3 Å². The van der Waals surface area contributed by atoms with Gasteiger partial charge in [-0.2, -0.15) is 0 Å². The molecule has 18 heavy (non-hydrogen) atoms. The highest BCUT2D eigenvalue weighted by atomic mass is 19.1. The number of hydrogen-bond acceptors (Lipinski definition) is 3. The van der Waals surface area contributed by atoms with E-state index in [9.17, 15) is 9.18 Å². The van der Waals surface area contributed by atoms with Crippen molar-refractivity contribution in [2.75, 3.05) is 24.7 Å². The van der Waals surface area contributed by atoms with Crippen LogP contribution in [0, 0.1) is 18.2 Å². The second-order valence-electron chi connectivity index (χ2n) is 3.82. The van der Waals surface area contributed by atoms with Crippen molar-refractivity contribution in [2.24, 2.45) is 0 Å². The molecule has 0 aromatic heterocycles. The largest absolute Gasteiger partial charge is 0.441 e. The second kappa shape index (κ2) is 5.52. The molecule has 1 amide bonds. The Morgan fingerprint density at radius 2 is 2.44 bits per heavy atom. The van der Waals surface area contributed by atoms with Crippen molar-refractivity contribution >= 4 is 11.8 Å². The summed E-state index contributed by atoms with van der Waals surface area (Å²) in [7, 11) is 0. The van der Waals surface area contributed by atoms with Crippen LogP contribution in [0.4, 0.5) is 14.9 Å². The van der Waals surface area contributed by atoms with E-state index in [4.69, 9.17) is 15.9 Å². The fourth-order valence-corrected chi connectivity index (χ4v) is 1.71. The Labute approximate surface area is 104 Å². The van der Waals surface area contributed by atoms with Crippen LogP contribution in [-0.4, -0.2) is 32.0 Å². The number of carbonyl (C=O) groups excluding carboxylic acids is 1. The van der Waals surface area contributed by atoms with Gasteiger partial charge in [-0.05, 0) is 18.2 Å². The van der Waals surface area contributed by atoms with Gasteiger partial charge in [0.25, 0.3) is 0 Å². The number of carbonyl (C=O) groups is 1. The summed E-state index contributed by atoms with van der Waals surface area (Å²) in [6.07, 6.45) is 4.16. The number of halogens is 1. The molecule has 1 heterocycles. The van der Waals surface area contributed by atoms with Gasteiger partial charge in [0.1, 0.15) is 18.5 Å². The maximum atomic E-state index is 13.1. The second-order valence-corrected chi connectivity index (χ2v) is 3.82. The van der Waals surface area contributed by atoms with Gasteiger partial charge in [-0.1, -0.05) is 12.0 Å². The first-order valence-corrected chi connectivity index (χ1v) is 5.45. The number of nitrogens with zero attached hydrogens (tertiary/aromatic N) is 1. The summed E-state index contributed by atoms with van der Waals surface area (Å²) in [4.78, 5) is 13.0. The first-order chi connectivity index (χ1) is 8.70. The smallest absolute Gasteiger partial charge is 0.414 e. The van der Waals surface area contributed by atoms with E-state index < -0.39 is 11.9 Å². The van der Waals surface area contributed by atoms with Crippen LogP contribution >= 0.6 is 0 Å². The molecule has 1 unspecified atom stereocenters. The monoisotopic (exact) mass is 249 g/mol. The quantitative estimate of drug-likeness (QED) is 0.603. The van der Waals surface area contributed by atoms with Crippen LogP contribution in [0.1, 0.15) is 0 Å². The molecule has 1 fully saturated rings. The predicted molar refractivity (Wildman–Crippen MR) is 63.7 cm³/mol. The Morgan fingerprint density at radius 1 is 1.61 bits per heavy atom. The Hall–Kier alpha value is -2.06. The summed E-state index contributed by atoms with van der Waals surface area (Å²) in [5, 5.41) is 0.